The average Bonchev–Trinajstić information content (AvgIpc) is 3.59. The Morgan fingerprint density at radius 2 is 1.84 bits per heavy atom. The molecule has 1 amide bonds. The standard InChI is InChI=1S/C28H21F6N5O3.ClH/c1-16(27(29,30)31)41-23-9-8-17(13-21(23)28(32,33)34)26-37-25(38-42-26)20-6-4-7-22-19(20)10-12-39(22)15-24(40)36-14-18-5-2-3-11-35-18;/h2-13,16H,14-15H2,1H3,(H,36,40);1H. The van der Waals surface area contributed by atoms with E-state index in [2.05, 4.69) is 25.2 Å². The van der Waals surface area contributed by atoms with Gasteiger partial charge in [-0.25, -0.2) is 0 Å². The first-order chi connectivity index (χ1) is 19.9. The lowest BCUT2D eigenvalue weighted by Gasteiger charge is -2.20. The summed E-state index contributed by atoms with van der Waals surface area (Å²) in [4.78, 5) is 20.9. The third kappa shape index (κ3) is 7.08. The number of amides is 1. The Morgan fingerprint density at radius 3 is 2.53 bits per heavy atom. The molecule has 1 N–H and O–H groups in total. The van der Waals surface area contributed by atoms with Crippen LogP contribution in [0.3, 0.4) is 0 Å². The van der Waals surface area contributed by atoms with E-state index >= 15 is 0 Å². The topological polar surface area (TPSA) is 95.1 Å². The molecule has 1 atom stereocenters. The zero-order valence-electron chi connectivity index (χ0n) is 22.1. The van der Waals surface area contributed by atoms with Gasteiger partial charge in [-0.3, -0.25) is 9.78 Å². The molecule has 0 fully saturated rings. The van der Waals surface area contributed by atoms with Gasteiger partial charge in [0.2, 0.25) is 11.7 Å². The number of carbonyl (C=O) groups is 1. The molecule has 2 aromatic carbocycles. The molecule has 0 saturated carbocycles. The van der Waals surface area contributed by atoms with Gasteiger partial charge in [0.05, 0.1) is 17.8 Å². The molecule has 8 nitrogen and oxygen atoms in total. The van der Waals surface area contributed by atoms with Crippen molar-refractivity contribution in [2.75, 3.05) is 0 Å². The Morgan fingerprint density at radius 1 is 1.05 bits per heavy atom. The lowest BCUT2D eigenvalue weighted by molar-refractivity contribution is -0.191. The van der Waals surface area contributed by atoms with Crippen molar-refractivity contribution in [1.29, 1.82) is 0 Å². The second-order valence-electron chi connectivity index (χ2n) is 9.21. The van der Waals surface area contributed by atoms with Crippen molar-refractivity contribution < 1.29 is 40.4 Å². The van der Waals surface area contributed by atoms with Gasteiger partial charge >= 0.3 is 12.4 Å². The molecule has 0 aliphatic heterocycles. The minimum atomic E-state index is -5.02. The first-order valence-electron chi connectivity index (χ1n) is 12.4. The zero-order valence-corrected chi connectivity index (χ0v) is 22.9. The van der Waals surface area contributed by atoms with Crippen LogP contribution in [0.5, 0.6) is 5.75 Å². The summed E-state index contributed by atoms with van der Waals surface area (Å²) in [5.74, 6) is -1.45. The fourth-order valence-corrected chi connectivity index (χ4v) is 4.15. The smallest absolute Gasteiger partial charge is 0.425 e. The van der Waals surface area contributed by atoms with E-state index in [4.69, 9.17) is 4.52 Å². The molecular weight excluding hydrogens is 604 g/mol. The van der Waals surface area contributed by atoms with Gasteiger partial charge in [0.25, 0.3) is 5.89 Å². The number of rotatable bonds is 8. The minimum Gasteiger partial charge on any atom is -0.481 e. The number of halogens is 7. The van der Waals surface area contributed by atoms with Crippen LogP contribution in [0.1, 0.15) is 18.2 Å². The summed E-state index contributed by atoms with van der Waals surface area (Å²) in [6, 6.07) is 14.8. The van der Waals surface area contributed by atoms with Crippen LogP contribution in [0.25, 0.3) is 33.7 Å². The van der Waals surface area contributed by atoms with E-state index in [0.29, 0.717) is 35.2 Å². The Labute approximate surface area is 246 Å². The number of aromatic nitrogens is 4. The van der Waals surface area contributed by atoms with Gasteiger partial charge in [0.15, 0.2) is 6.10 Å². The summed E-state index contributed by atoms with van der Waals surface area (Å²) >= 11 is 0. The molecule has 15 heteroatoms. The lowest BCUT2D eigenvalue weighted by Crippen LogP contribution is -2.31. The lowest BCUT2D eigenvalue weighted by atomic mass is 10.1. The van der Waals surface area contributed by atoms with E-state index in [1.807, 2.05) is 6.07 Å². The molecule has 3 heterocycles. The van der Waals surface area contributed by atoms with Crippen LogP contribution in [0.15, 0.2) is 77.6 Å². The highest BCUT2D eigenvalue weighted by atomic mass is 35.5. The van der Waals surface area contributed by atoms with Gasteiger partial charge < -0.3 is 19.1 Å². The first-order valence-corrected chi connectivity index (χ1v) is 12.4. The van der Waals surface area contributed by atoms with E-state index < -0.39 is 29.8 Å². The SMILES string of the molecule is CC(Oc1ccc(-c2nc(-c3cccc4c3ccn4CC(=O)NCc3ccccn3)no2)cc1C(F)(F)F)C(F)(F)F.Cl. The predicted molar refractivity (Wildman–Crippen MR) is 145 cm³/mol. The monoisotopic (exact) mass is 625 g/mol. The zero-order chi connectivity index (χ0) is 30.1. The normalized spacial score (nSPS) is 12.5. The summed E-state index contributed by atoms with van der Waals surface area (Å²) < 4.78 is 91.2. The molecule has 43 heavy (non-hydrogen) atoms. The maximum Gasteiger partial charge on any atom is 0.425 e. The summed E-state index contributed by atoms with van der Waals surface area (Å²) in [6.45, 7) is 0.889. The maximum absolute atomic E-state index is 13.7. The number of hydrogen-bond acceptors (Lipinski definition) is 6. The average molecular weight is 626 g/mol. The van der Waals surface area contributed by atoms with Crippen LogP contribution in [0.4, 0.5) is 26.3 Å². The van der Waals surface area contributed by atoms with E-state index in [0.717, 1.165) is 12.1 Å². The van der Waals surface area contributed by atoms with Gasteiger partial charge in [-0.15, -0.1) is 12.4 Å². The fourth-order valence-electron chi connectivity index (χ4n) is 4.15. The van der Waals surface area contributed by atoms with E-state index in [-0.39, 0.29) is 48.7 Å². The highest BCUT2D eigenvalue weighted by Gasteiger charge is 2.41. The fraction of sp³-hybridized carbons (Fsp3) is 0.214. The molecule has 5 rings (SSSR count). The number of carbonyl (C=O) groups excluding carboxylic acids is 1. The predicted octanol–water partition coefficient (Wildman–Crippen LogP) is 6.84. The van der Waals surface area contributed by atoms with E-state index in [1.54, 1.807) is 53.4 Å². The molecule has 1 unspecified atom stereocenters. The van der Waals surface area contributed by atoms with Crippen molar-refractivity contribution in [2.24, 2.45) is 0 Å². The molecule has 226 valence electrons. The molecular formula is C28H22ClF6N5O3. The van der Waals surface area contributed by atoms with Crippen LogP contribution < -0.4 is 10.1 Å². The quantitative estimate of drug-likeness (QED) is 0.190. The summed E-state index contributed by atoms with van der Waals surface area (Å²) in [7, 11) is 0. The Balaban J connectivity index is 0.00000423. The number of ether oxygens (including phenoxy) is 1. The van der Waals surface area contributed by atoms with Gasteiger partial charge in [0.1, 0.15) is 12.3 Å². The second kappa shape index (κ2) is 12.3. The number of nitrogens with one attached hydrogen (secondary N) is 1. The van der Waals surface area contributed by atoms with Crippen LogP contribution in [-0.2, 0) is 24.1 Å². The number of fused-ring (bicyclic) bond motifs is 1. The highest BCUT2D eigenvalue weighted by Crippen LogP contribution is 2.40. The van der Waals surface area contributed by atoms with Crippen molar-refractivity contribution in [2.45, 2.75) is 38.5 Å². The van der Waals surface area contributed by atoms with Crippen molar-refractivity contribution in [3.63, 3.8) is 0 Å². The van der Waals surface area contributed by atoms with E-state index in [9.17, 15) is 31.1 Å². The van der Waals surface area contributed by atoms with Gasteiger partial charge in [0, 0.05) is 34.4 Å². The van der Waals surface area contributed by atoms with Crippen LogP contribution in [0.2, 0.25) is 0 Å². The number of hydrogen-bond donors (Lipinski definition) is 1. The third-order valence-corrected chi connectivity index (χ3v) is 6.28. The summed E-state index contributed by atoms with van der Waals surface area (Å²) in [6.07, 6.45) is -9.00. The number of nitrogens with zero attached hydrogens (tertiary/aromatic N) is 4. The first kappa shape index (κ1) is 31.3. The summed E-state index contributed by atoms with van der Waals surface area (Å²) in [5.41, 5.74) is 0.286. The van der Waals surface area contributed by atoms with Gasteiger partial charge in [-0.1, -0.05) is 23.4 Å². The molecule has 0 aliphatic carbocycles. The number of benzene rings is 2. The molecule has 0 aliphatic rings. The van der Waals surface area contributed by atoms with Crippen LogP contribution >= 0.6 is 12.4 Å². The number of alkyl halides is 6. The molecule has 0 radical (unpaired) electrons. The molecule has 0 saturated heterocycles. The molecule has 5 aromatic rings. The Bertz CT molecular complexity index is 1720. The molecule has 0 bridgehead atoms. The minimum absolute atomic E-state index is 0. The van der Waals surface area contributed by atoms with Crippen molar-refractivity contribution in [3.05, 3.63) is 84.3 Å². The van der Waals surface area contributed by atoms with Gasteiger partial charge in [-0.05, 0) is 49.4 Å². The van der Waals surface area contributed by atoms with Crippen molar-refractivity contribution >= 4 is 29.2 Å². The van der Waals surface area contributed by atoms with Crippen molar-refractivity contribution in [3.8, 4) is 28.6 Å². The number of pyridine rings is 1. The van der Waals surface area contributed by atoms with Crippen molar-refractivity contribution in [1.82, 2.24) is 25.0 Å². The van der Waals surface area contributed by atoms with E-state index in [1.165, 1.54) is 0 Å². The summed E-state index contributed by atoms with van der Waals surface area (Å²) in [5, 5.41) is 7.35. The Kier molecular flexibility index (Phi) is 8.99. The molecule has 3 aromatic heterocycles. The maximum atomic E-state index is 13.7. The third-order valence-electron chi connectivity index (χ3n) is 6.28. The highest BCUT2D eigenvalue weighted by molar-refractivity contribution is 5.94. The Hall–Kier alpha value is -4.59. The van der Waals surface area contributed by atoms with Crippen LogP contribution in [0, 0.1) is 0 Å². The molecule has 0 spiro atoms. The largest absolute Gasteiger partial charge is 0.481 e. The van der Waals surface area contributed by atoms with Gasteiger partial charge in [-0.2, -0.15) is 31.3 Å². The second-order valence-corrected chi connectivity index (χ2v) is 9.21. The van der Waals surface area contributed by atoms with Crippen LogP contribution in [-0.4, -0.2) is 37.9 Å².